The van der Waals surface area contributed by atoms with Crippen molar-refractivity contribution in [1.82, 2.24) is 4.98 Å². The van der Waals surface area contributed by atoms with Gasteiger partial charge in [-0.05, 0) is 49.4 Å². The highest BCUT2D eigenvalue weighted by Crippen LogP contribution is 2.27. The molecule has 3 rings (SSSR count). The van der Waals surface area contributed by atoms with E-state index in [4.69, 9.17) is 0 Å². The lowest BCUT2D eigenvalue weighted by molar-refractivity contribution is 0.101. The molecule has 3 aromatic rings. The van der Waals surface area contributed by atoms with E-state index >= 15 is 0 Å². The zero-order chi connectivity index (χ0) is 15.7. The van der Waals surface area contributed by atoms with Gasteiger partial charge in [0.05, 0.1) is 11.3 Å². The summed E-state index contributed by atoms with van der Waals surface area (Å²) in [6.45, 7) is 1.50. The first kappa shape index (κ1) is 14.0. The van der Waals surface area contributed by atoms with Gasteiger partial charge in [-0.25, -0.2) is 4.39 Å². The molecule has 0 bridgehead atoms. The molecule has 0 amide bonds. The Balaban J connectivity index is 1.96. The Morgan fingerprint density at radius 3 is 2.64 bits per heavy atom. The smallest absolute Gasteiger partial charge is 0.198 e. The molecule has 0 fully saturated rings. The molecule has 0 atom stereocenters. The minimum atomic E-state index is -0.382. The fourth-order valence-electron chi connectivity index (χ4n) is 2.22. The van der Waals surface area contributed by atoms with Crippen LogP contribution in [0.25, 0.3) is 10.9 Å². The largest absolute Gasteiger partial charge is 0.494 e. The van der Waals surface area contributed by atoms with Crippen LogP contribution in [0.5, 0.6) is 5.88 Å². The summed E-state index contributed by atoms with van der Waals surface area (Å²) in [7, 11) is 0. The molecular formula is C17H13FN2O2. The molecule has 110 valence electrons. The number of nitrogens with one attached hydrogen (secondary N) is 1. The Kier molecular flexibility index (Phi) is 3.47. The Bertz CT molecular complexity index is 880. The molecule has 4 nitrogen and oxygen atoms in total. The molecule has 0 aliphatic rings. The molecule has 1 aromatic heterocycles. The van der Waals surface area contributed by atoms with Crippen LogP contribution in [0.4, 0.5) is 10.1 Å². The highest BCUT2D eigenvalue weighted by atomic mass is 19.1. The molecule has 0 saturated carbocycles. The molecular weight excluding hydrogens is 283 g/mol. The molecule has 22 heavy (non-hydrogen) atoms. The highest BCUT2D eigenvalue weighted by molar-refractivity contribution is 6.02. The van der Waals surface area contributed by atoms with Crippen LogP contribution in [0.1, 0.15) is 22.8 Å². The van der Waals surface area contributed by atoms with Crippen LogP contribution in [-0.2, 0) is 0 Å². The minimum absolute atomic E-state index is 0.0136. The number of halogens is 1. The summed E-state index contributed by atoms with van der Waals surface area (Å²) in [5, 5.41) is 10.5. The van der Waals surface area contributed by atoms with Crippen LogP contribution in [0.15, 0.2) is 47.5 Å². The number of ketones is 1. The fourth-order valence-corrected chi connectivity index (χ4v) is 2.22. The molecule has 2 aromatic carbocycles. The van der Waals surface area contributed by atoms with Crippen LogP contribution in [0, 0.1) is 5.82 Å². The van der Waals surface area contributed by atoms with Crippen LogP contribution >= 0.6 is 0 Å². The van der Waals surface area contributed by atoms with E-state index in [9.17, 15) is 14.3 Å². The van der Waals surface area contributed by atoms with Gasteiger partial charge >= 0.3 is 0 Å². The van der Waals surface area contributed by atoms with Gasteiger partial charge < -0.3 is 10.1 Å². The van der Waals surface area contributed by atoms with E-state index in [2.05, 4.69) is 9.98 Å². The SMILES string of the molecule is CC(=O)c1ccc(N=Cc2c(O)[nH]c3ccc(F)cc23)cc1. The molecule has 0 radical (unpaired) electrons. The van der Waals surface area contributed by atoms with Gasteiger partial charge in [-0.2, -0.15) is 0 Å². The van der Waals surface area contributed by atoms with Crippen molar-refractivity contribution in [1.29, 1.82) is 0 Å². The summed E-state index contributed by atoms with van der Waals surface area (Å²) in [6, 6.07) is 11.0. The molecule has 0 saturated heterocycles. The van der Waals surface area contributed by atoms with Gasteiger partial charge in [0, 0.05) is 22.7 Å². The van der Waals surface area contributed by atoms with E-state index < -0.39 is 0 Å². The van der Waals surface area contributed by atoms with Crippen molar-refractivity contribution >= 4 is 28.6 Å². The third kappa shape index (κ3) is 2.61. The number of carbonyl (C=O) groups excluding carboxylic acids is 1. The topological polar surface area (TPSA) is 65.4 Å². The predicted octanol–water partition coefficient (Wildman–Crippen LogP) is 3.97. The van der Waals surface area contributed by atoms with Crippen LogP contribution < -0.4 is 0 Å². The van der Waals surface area contributed by atoms with E-state index in [0.29, 0.717) is 27.7 Å². The van der Waals surface area contributed by atoms with Crippen molar-refractivity contribution in [2.75, 3.05) is 0 Å². The van der Waals surface area contributed by atoms with Gasteiger partial charge in [-0.1, -0.05) is 0 Å². The van der Waals surface area contributed by atoms with Gasteiger partial charge in [0.15, 0.2) is 11.7 Å². The van der Waals surface area contributed by atoms with Crippen molar-refractivity contribution in [2.45, 2.75) is 6.92 Å². The molecule has 0 aliphatic carbocycles. The maximum atomic E-state index is 13.3. The lowest BCUT2D eigenvalue weighted by atomic mass is 10.1. The zero-order valence-electron chi connectivity index (χ0n) is 11.8. The number of aliphatic imine (C=N–C) groups is 1. The molecule has 2 N–H and O–H groups in total. The van der Waals surface area contributed by atoms with E-state index in [1.807, 2.05) is 0 Å². The standard InChI is InChI=1S/C17H13FN2O2/c1-10(21)11-2-5-13(6-3-11)19-9-15-14-8-12(18)4-7-16(14)20-17(15)22/h2-9,20,22H,1H3. The van der Waals surface area contributed by atoms with Crippen molar-refractivity contribution in [2.24, 2.45) is 4.99 Å². The number of fused-ring (bicyclic) bond motifs is 1. The first-order chi connectivity index (χ1) is 10.5. The summed E-state index contributed by atoms with van der Waals surface area (Å²) in [4.78, 5) is 18.2. The van der Waals surface area contributed by atoms with Crippen molar-refractivity contribution in [3.05, 3.63) is 59.4 Å². The van der Waals surface area contributed by atoms with Gasteiger partial charge in [0.25, 0.3) is 0 Å². The maximum absolute atomic E-state index is 13.3. The Hall–Kier alpha value is -2.95. The highest BCUT2D eigenvalue weighted by Gasteiger charge is 2.09. The van der Waals surface area contributed by atoms with E-state index in [0.717, 1.165) is 0 Å². The third-order valence-electron chi connectivity index (χ3n) is 3.40. The normalized spacial score (nSPS) is 11.4. The second-order valence-corrected chi connectivity index (χ2v) is 4.94. The molecule has 1 heterocycles. The Morgan fingerprint density at radius 2 is 1.95 bits per heavy atom. The van der Waals surface area contributed by atoms with Crippen molar-refractivity contribution < 1.29 is 14.3 Å². The second-order valence-electron chi connectivity index (χ2n) is 4.94. The number of nitrogens with zero attached hydrogens (tertiary/aromatic N) is 1. The average Bonchev–Trinajstić information content (AvgIpc) is 2.80. The van der Waals surface area contributed by atoms with Crippen LogP contribution in [0.2, 0.25) is 0 Å². The number of hydrogen-bond donors (Lipinski definition) is 2. The summed E-state index contributed by atoms with van der Waals surface area (Å²) in [6.07, 6.45) is 1.47. The zero-order valence-corrected chi connectivity index (χ0v) is 11.8. The fraction of sp³-hybridized carbons (Fsp3) is 0.0588. The van der Waals surface area contributed by atoms with Gasteiger partial charge in [0.1, 0.15) is 5.82 Å². The first-order valence-corrected chi connectivity index (χ1v) is 6.70. The number of benzene rings is 2. The van der Waals surface area contributed by atoms with Crippen LogP contribution in [0.3, 0.4) is 0 Å². The minimum Gasteiger partial charge on any atom is -0.494 e. The lowest BCUT2D eigenvalue weighted by Crippen LogP contribution is -1.89. The van der Waals surface area contributed by atoms with E-state index in [1.165, 1.54) is 25.3 Å². The van der Waals surface area contributed by atoms with Crippen LogP contribution in [-0.4, -0.2) is 22.1 Å². The van der Waals surface area contributed by atoms with Gasteiger partial charge in [-0.3, -0.25) is 9.79 Å². The van der Waals surface area contributed by atoms with Gasteiger partial charge in [-0.15, -0.1) is 0 Å². The number of aromatic amines is 1. The monoisotopic (exact) mass is 296 g/mol. The number of Topliss-reactive ketones (excluding diaryl/α,β-unsaturated/α-hetero) is 1. The molecule has 5 heteroatoms. The molecule has 0 aliphatic heterocycles. The molecule has 0 unspecified atom stereocenters. The number of aromatic hydroxyl groups is 1. The van der Waals surface area contributed by atoms with Crippen molar-refractivity contribution in [3.63, 3.8) is 0 Å². The quantitative estimate of drug-likeness (QED) is 0.567. The summed E-state index contributed by atoms with van der Waals surface area (Å²) in [5.41, 5.74) is 2.29. The number of rotatable bonds is 3. The summed E-state index contributed by atoms with van der Waals surface area (Å²) < 4.78 is 13.3. The maximum Gasteiger partial charge on any atom is 0.198 e. The molecule has 0 spiro atoms. The second kappa shape index (κ2) is 5.44. The van der Waals surface area contributed by atoms with Gasteiger partial charge in [0.2, 0.25) is 0 Å². The number of carbonyl (C=O) groups is 1. The Morgan fingerprint density at radius 1 is 1.23 bits per heavy atom. The number of hydrogen-bond acceptors (Lipinski definition) is 3. The average molecular weight is 296 g/mol. The van der Waals surface area contributed by atoms with Crippen molar-refractivity contribution in [3.8, 4) is 5.88 Å². The summed E-state index contributed by atoms with van der Waals surface area (Å²) in [5.74, 6) is -0.461. The Labute approximate surface area is 125 Å². The lowest BCUT2D eigenvalue weighted by Gasteiger charge is -1.97. The van der Waals surface area contributed by atoms with E-state index in [1.54, 1.807) is 30.3 Å². The first-order valence-electron chi connectivity index (χ1n) is 6.70. The summed E-state index contributed by atoms with van der Waals surface area (Å²) >= 11 is 0. The third-order valence-corrected chi connectivity index (χ3v) is 3.40. The number of aromatic nitrogens is 1. The predicted molar refractivity (Wildman–Crippen MR) is 83.6 cm³/mol. The number of H-pyrrole nitrogens is 1. The van der Waals surface area contributed by atoms with E-state index in [-0.39, 0.29) is 17.5 Å².